The van der Waals surface area contributed by atoms with Gasteiger partial charge in [0.1, 0.15) is 6.10 Å². The van der Waals surface area contributed by atoms with Gasteiger partial charge in [-0.25, -0.2) is 4.79 Å². The van der Waals surface area contributed by atoms with Gasteiger partial charge in [-0.15, -0.1) is 0 Å². The van der Waals surface area contributed by atoms with E-state index < -0.39 is 0 Å². The maximum atomic E-state index is 12.7. The topological polar surface area (TPSA) is 43.4 Å². The van der Waals surface area contributed by atoms with Crippen LogP contribution in [-0.4, -0.2) is 17.9 Å². The summed E-state index contributed by atoms with van der Waals surface area (Å²) in [6.07, 6.45) is 10.5. The van der Waals surface area contributed by atoms with Crippen molar-refractivity contribution in [1.82, 2.24) is 0 Å². The van der Waals surface area contributed by atoms with Gasteiger partial charge in [0, 0.05) is 11.8 Å². The van der Waals surface area contributed by atoms with Crippen molar-refractivity contribution in [2.24, 2.45) is 28.6 Å². The van der Waals surface area contributed by atoms with Crippen LogP contribution in [0, 0.1) is 28.6 Å². The zero-order valence-corrected chi connectivity index (χ0v) is 17.7. The van der Waals surface area contributed by atoms with E-state index in [4.69, 9.17) is 4.74 Å². The van der Waals surface area contributed by atoms with Crippen molar-refractivity contribution in [1.29, 1.82) is 0 Å². The molecule has 0 aliphatic heterocycles. The van der Waals surface area contributed by atoms with Crippen LogP contribution in [0.3, 0.4) is 0 Å². The quantitative estimate of drug-likeness (QED) is 0.603. The predicted molar refractivity (Wildman–Crippen MR) is 112 cm³/mol. The molecule has 4 aliphatic carbocycles. The lowest BCUT2D eigenvalue weighted by molar-refractivity contribution is -0.118. The summed E-state index contributed by atoms with van der Waals surface area (Å²) < 4.78 is 6.10. The zero-order chi connectivity index (χ0) is 20.2. The van der Waals surface area contributed by atoms with Gasteiger partial charge in [0.05, 0.1) is 5.56 Å². The third-order valence-corrected chi connectivity index (χ3v) is 9.13. The molecule has 0 aromatic heterocycles. The van der Waals surface area contributed by atoms with Crippen molar-refractivity contribution in [3.63, 3.8) is 0 Å². The van der Waals surface area contributed by atoms with E-state index in [0.717, 1.165) is 25.7 Å². The van der Waals surface area contributed by atoms with Gasteiger partial charge in [-0.3, -0.25) is 4.79 Å². The summed E-state index contributed by atoms with van der Waals surface area (Å²) in [7, 11) is 0. The minimum absolute atomic E-state index is 0.0267. The van der Waals surface area contributed by atoms with E-state index in [1.165, 1.54) is 24.8 Å². The van der Waals surface area contributed by atoms with Crippen LogP contribution >= 0.6 is 0 Å². The van der Waals surface area contributed by atoms with Crippen LogP contribution in [0.1, 0.15) is 75.6 Å². The van der Waals surface area contributed by atoms with E-state index in [9.17, 15) is 9.59 Å². The molecule has 0 spiro atoms. The fraction of sp³-hybridized carbons (Fsp3) is 0.615. The number of carbonyl (C=O) groups is 2. The zero-order valence-electron chi connectivity index (χ0n) is 17.7. The Morgan fingerprint density at radius 3 is 2.55 bits per heavy atom. The highest BCUT2D eigenvalue weighted by atomic mass is 16.5. The highest BCUT2D eigenvalue weighted by molar-refractivity contribution is 5.91. The molecular weight excluding hydrogens is 360 g/mol. The van der Waals surface area contributed by atoms with Gasteiger partial charge < -0.3 is 4.74 Å². The smallest absolute Gasteiger partial charge is 0.338 e. The molecule has 0 radical (unpaired) electrons. The molecule has 3 nitrogen and oxygen atoms in total. The number of hydrogen-bond acceptors (Lipinski definition) is 3. The molecule has 0 saturated heterocycles. The summed E-state index contributed by atoms with van der Waals surface area (Å²) in [6.45, 7) is 4.80. The first kappa shape index (κ1) is 19.1. The minimum atomic E-state index is -0.175. The average Bonchev–Trinajstić information content (AvgIpc) is 3.05. The SMILES string of the molecule is CC12CCC(=O)C=C1CCC1C2CCC2(C)C(OC(=O)c3ccccc3)CCC12. The second kappa shape index (κ2) is 6.82. The molecule has 0 bridgehead atoms. The van der Waals surface area contributed by atoms with Gasteiger partial charge in [-0.05, 0) is 86.3 Å². The van der Waals surface area contributed by atoms with E-state index in [1.54, 1.807) is 0 Å². The molecule has 4 aliphatic rings. The number of esters is 1. The Bertz CT molecular complexity index is 856. The summed E-state index contributed by atoms with van der Waals surface area (Å²) in [6, 6.07) is 9.39. The number of carbonyl (C=O) groups excluding carboxylic acids is 2. The number of hydrogen-bond donors (Lipinski definition) is 0. The van der Waals surface area contributed by atoms with Crippen molar-refractivity contribution < 1.29 is 14.3 Å². The van der Waals surface area contributed by atoms with Crippen LogP contribution < -0.4 is 0 Å². The van der Waals surface area contributed by atoms with Crippen molar-refractivity contribution in [3.05, 3.63) is 47.5 Å². The third kappa shape index (κ3) is 2.92. The molecule has 6 atom stereocenters. The van der Waals surface area contributed by atoms with Gasteiger partial charge in [-0.2, -0.15) is 0 Å². The molecule has 1 aromatic rings. The molecule has 3 heteroatoms. The van der Waals surface area contributed by atoms with Crippen LogP contribution in [0.5, 0.6) is 0 Å². The lowest BCUT2D eigenvalue weighted by atomic mass is 9.47. The normalized spacial score (nSPS) is 41.0. The van der Waals surface area contributed by atoms with Crippen molar-refractivity contribution in [3.8, 4) is 0 Å². The first-order valence-electron chi connectivity index (χ1n) is 11.4. The van der Waals surface area contributed by atoms with Gasteiger partial charge >= 0.3 is 5.97 Å². The Kier molecular flexibility index (Phi) is 4.49. The first-order valence-corrected chi connectivity index (χ1v) is 11.4. The molecule has 0 heterocycles. The summed E-state index contributed by atoms with van der Waals surface area (Å²) in [4.78, 5) is 24.7. The molecule has 6 unspecified atom stereocenters. The van der Waals surface area contributed by atoms with E-state index >= 15 is 0 Å². The number of ether oxygens (including phenoxy) is 1. The Labute approximate surface area is 173 Å². The highest BCUT2D eigenvalue weighted by Gasteiger charge is 2.59. The van der Waals surface area contributed by atoms with Gasteiger partial charge in [0.2, 0.25) is 0 Å². The molecule has 0 amide bonds. The number of benzene rings is 1. The Morgan fingerprint density at radius 1 is 0.966 bits per heavy atom. The minimum Gasteiger partial charge on any atom is -0.458 e. The fourth-order valence-electron chi connectivity index (χ4n) is 7.48. The molecule has 154 valence electrons. The van der Waals surface area contributed by atoms with Crippen LogP contribution in [0.15, 0.2) is 42.0 Å². The lowest BCUT2D eigenvalue weighted by Gasteiger charge is -2.57. The summed E-state index contributed by atoms with van der Waals surface area (Å²) >= 11 is 0. The molecule has 29 heavy (non-hydrogen) atoms. The monoisotopic (exact) mass is 392 g/mol. The van der Waals surface area contributed by atoms with Crippen LogP contribution in [-0.2, 0) is 9.53 Å². The van der Waals surface area contributed by atoms with Crippen molar-refractivity contribution in [2.75, 3.05) is 0 Å². The molecule has 0 N–H and O–H groups in total. The van der Waals surface area contributed by atoms with Gasteiger partial charge in [0.15, 0.2) is 5.78 Å². The average molecular weight is 393 g/mol. The van der Waals surface area contributed by atoms with Gasteiger partial charge in [0.25, 0.3) is 0 Å². The third-order valence-electron chi connectivity index (χ3n) is 9.13. The summed E-state index contributed by atoms with van der Waals surface area (Å²) in [5, 5.41) is 0. The summed E-state index contributed by atoms with van der Waals surface area (Å²) in [5.74, 6) is 2.16. The van der Waals surface area contributed by atoms with E-state index in [0.29, 0.717) is 35.5 Å². The van der Waals surface area contributed by atoms with E-state index in [1.807, 2.05) is 36.4 Å². The lowest BCUT2D eigenvalue weighted by Crippen LogP contribution is -2.51. The van der Waals surface area contributed by atoms with Gasteiger partial charge in [-0.1, -0.05) is 37.6 Å². The number of rotatable bonds is 2. The van der Waals surface area contributed by atoms with E-state index in [2.05, 4.69) is 13.8 Å². The number of allylic oxidation sites excluding steroid dienone is 1. The Hall–Kier alpha value is -1.90. The standard InChI is InChI=1S/C26H32O3/c1-25-14-12-19(27)16-18(25)8-9-20-21-10-11-23(26(21,2)15-13-22(20)25)29-24(28)17-6-4-3-5-7-17/h3-7,16,20-23H,8-15H2,1-2H3. The Morgan fingerprint density at radius 2 is 1.76 bits per heavy atom. The molecular formula is C26H32O3. The molecule has 3 saturated carbocycles. The summed E-state index contributed by atoms with van der Waals surface area (Å²) in [5.41, 5.74) is 2.37. The largest absolute Gasteiger partial charge is 0.458 e. The van der Waals surface area contributed by atoms with Crippen LogP contribution in [0.2, 0.25) is 0 Å². The van der Waals surface area contributed by atoms with Crippen LogP contribution in [0.4, 0.5) is 0 Å². The maximum absolute atomic E-state index is 12.7. The fourth-order valence-corrected chi connectivity index (χ4v) is 7.48. The number of fused-ring (bicyclic) bond motifs is 5. The predicted octanol–water partition coefficient (Wildman–Crippen LogP) is 5.74. The van der Waals surface area contributed by atoms with Crippen LogP contribution in [0.25, 0.3) is 0 Å². The second-order valence-corrected chi connectivity index (χ2v) is 10.4. The number of ketones is 1. The molecule has 3 fully saturated rings. The van der Waals surface area contributed by atoms with E-state index in [-0.39, 0.29) is 22.9 Å². The maximum Gasteiger partial charge on any atom is 0.338 e. The first-order chi connectivity index (χ1) is 13.9. The molecule has 5 rings (SSSR count). The highest BCUT2D eigenvalue weighted by Crippen LogP contribution is 2.65. The molecule has 1 aromatic carbocycles. The Balaban J connectivity index is 1.37. The second-order valence-electron chi connectivity index (χ2n) is 10.4. The van der Waals surface area contributed by atoms with Crippen molar-refractivity contribution in [2.45, 2.75) is 71.3 Å². The van der Waals surface area contributed by atoms with Crippen molar-refractivity contribution >= 4 is 11.8 Å².